The molecule has 7 heteroatoms. The Kier molecular flexibility index (Phi) is 2.86. The number of benzene rings is 1. The Morgan fingerprint density at radius 3 is 2.61 bits per heavy atom. The molecule has 0 aliphatic heterocycles. The summed E-state index contributed by atoms with van der Waals surface area (Å²) < 4.78 is 38.6. The Bertz CT molecular complexity index is 646. The van der Waals surface area contributed by atoms with Crippen LogP contribution in [0.5, 0.6) is 0 Å². The first kappa shape index (κ1) is 12.6. The van der Waals surface area contributed by atoms with Crippen molar-refractivity contribution in [2.45, 2.75) is 19.3 Å². The predicted molar refractivity (Wildman–Crippen MR) is 59.9 cm³/mol. The van der Waals surface area contributed by atoms with Gasteiger partial charge in [0, 0.05) is 0 Å². The van der Waals surface area contributed by atoms with E-state index in [1.165, 1.54) is 0 Å². The third-order valence-electron chi connectivity index (χ3n) is 2.55. The summed E-state index contributed by atoms with van der Waals surface area (Å²) in [6, 6.07) is 2.82. The van der Waals surface area contributed by atoms with E-state index in [1.807, 2.05) is 0 Å². The highest BCUT2D eigenvalue weighted by atomic mass is 19.4. The van der Waals surface area contributed by atoms with Crippen molar-refractivity contribution in [2.24, 2.45) is 5.73 Å². The average molecular weight is 257 g/mol. The van der Waals surface area contributed by atoms with E-state index in [-0.39, 0.29) is 10.9 Å². The highest BCUT2D eigenvalue weighted by molar-refractivity contribution is 5.78. The smallest absolute Gasteiger partial charge is 0.311 e. The highest BCUT2D eigenvalue weighted by Gasteiger charge is 2.30. The Morgan fingerprint density at radius 2 is 2.06 bits per heavy atom. The van der Waals surface area contributed by atoms with E-state index in [2.05, 4.69) is 4.98 Å². The quantitative estimate of drug-likeness (QED) is 0.848. The normalized spacial score (nSPS) is 13.8. The van der Waals surface area contributed by atoms with Crippen molar-refractivity contribution >= 4 is 10.9 Å². The largest absolute Gasteiger partial charge is 0.416 e. The lowest BCUT2D eigenvalue weighted by molar-refractivity contribution is -0.137. The molecular formula is C11H10F3N3O. The predicted octanol–water partition coefficient (Wildman–Crippen LogP) is 1.89. The number of fused-ring (bicyclic) bond motifs is 1. The number of rotatable bonds is 1. The first-order valence-corrected chi connectivity index (χ1v) is 5.14. The van der Waals surface area contributed by atoms with Crippen molar-refractivity contribution in [3.8, 4) is 0 Å². The molecule has 0 aliphatic carbocycles. The Labute approximate surface area is 99.9 Å². The Hall–Kier alpha value is -1.89. The summed E-state index contributed by atoms with van der Waals surface area (Å²) >= 11 is 0. The number of nitrogens with two attached hydrogens (primary N) is 1. The minimum atomic E-state index is -4.45. The van der Waals surface area contributed by atoms with Crippen LogP contribution in [0.25, 0.3) is 10.9 Å². The molecule has 18 heavy (non-hydrogen) atoms. The molecule has 1 unspecified atom stereocenters. The van der Waals surface area contributed by atoms with Crippen LogP contribution in [-0.4, -0.2) is 9.55 Å². The Morgan fingerprint density at radius 1 is 1.39 bits per heavy atom. The van der Waals surface area contributed by atoms with Gasteiger partial charge in [-0.3, -0.25) is 9.36 Å². The zero-order chi connectivity index (χ0) is 13.5. The van der Waals surface area contributed by atoms with E-state index in [1.54, 1.807) is 6.92 Å². The van der Waals surface area contributed by atoms with Crippen molar-refractivity contribution in [3.63, 3.8) is 0 Å². The molecule has 1 heterocycles. The highest BCUT2D eigenvalue weighted by Crippen LogP contribution is 2.30. The zero-order valence-corrected chi connectivity index (χ0v) is 9.40. The summed E-state index contributed by atoms with van der Waals surface area (Å²) in [5.41, 5.74) is 4.27. The SMILES string of the molecule is CC(N)n1cnc2cc(C(F)(F)F)ccc2c1=O. The van der Waals surface area contributed by atoms with Gasteiger partial charge in [0.25, 0.3) is 5.56 Å². The second-order valence-electron chi connectivity index (χ2n) is 3.93. The van der Waals surface area contributed by atoms with Gasteiger partial charge in [0.2, 0.25) is 0 Å². The van der Waals surface area contributed by atoms with E-state index in [0.717, 1.165) is 29.1 Å². The minimum Gasteiger partial charge on any atom is -0.311 e. The fraction of sp³-hybridized carbons (Fsp3) is 0.273. The maximum absolute atomic E-state index is 12.5. The number of hydrogen-bond acceptors (Lipinski definition) is 3. The second kappa shape index (κ2) is 4.09. The number of hydrogen-bond donors (Lipinski definition) is 1. The standard InChI is InChI=1S/C11H10F3N3O/c1-6(15)17-5-16-9-4-7(11(12,13)14)2-3-8(9)10(17)18/h2-6H,15H2,1H3. The first-order valence-electron chi connectivity index (χ1n) is 5.14. The molecule has 1 aromatic heterocycles. The van der Waals surface area contributed by atoms with E-state index >= 15 is 0 Å². The van der Waals surface area contributed by atoms with Gasteiger partial charge in [-0.15, -0.1) is 0 Å². The van der Waals surface area contributed by atoms with Gasteiger partial charge < -0.3 is 5.73 Å². The maximum Gasteiger partial charge on any atom is 0.416 e. The van der Waals surface area contributed by atoms with Crippen molar-refractivity contribution in [1.29, 1.82) is 0 Å². The molecule has 1 atom stereocenters. The van der Waals surface area contributed by atoms with Gasteiger partial charge in [-0.1, -0.05) is 0 Å². The number of halogens is 3. The average Bonchev–Trinajstić information content (AvgIpc) is 2.27. The van der Waals surface area contributed by atoms with Crippen LogP contribution in [0.2, 0.25) is 0 Å². The van der Waals surface area contributed by atoms with Gasteiger partial charge in [-0.05, 0) is 25.1 Å². The fourth-order valence-electron chi connectivity index (χ4n) is 1.60. The summed E-state index contributed by atoms with van der Waals surface area (Å²) in [5.74, 6) is 0. The second-order valence-corrected chi connectivity index (χ2v) is 3.93. The summed E-state index contributed by atoms with van der Waals surface area (Å²) in [7, 11) is 0. The van der Waals surface area contributed by atoms with Crippen LogP contribution in [0.1, 0.15) is 18.7 Å². The van der Waals surface area contributed by atoms with Gasteiger partial charge in [0.15, 0.2) is 0 Å². The molecule has 0 spiro atoms. The molecule has 0 bridgehead atoms. The summed E-state index contributed by atoms with van der Waals surface area (Å²) in [6.07, 6.45) is -3.89. The van der Waals surface area contributed by atoms with Crippen LogP contribution in [-0.2, 0) is 6.18 Å². The first-order chi connectivity index (χ1) is 8.30. The maximum atomic E-state index is 12.5. The van der Waals surface area contributed by atoms with E-state index in [0.29, 0.717) is 0 Å². The zero-order valence-electron chi connectivity index (χ0n) is 9.40. The van der Waals surface area contributed by atoms with Crippen molar-refractivity contribution < 1.29 is 13.2 Å². The lowest BCUT2D eigenvalue weighted by Gasteiger charge is -2.11. The van der Waals surface area contributed by atoms with Gasteiger partial charge >= 0.3 is 6.18 Å². The van der Waals surface area contributed by atoms with Gasteiger partial charge in [0.05, 0.1) is 29.0 Å². The molecule has 0 saturated heterocycles. The van der Waals surface area contributed by atoms with Crippen LogP contribution in [0.4, 0.5) is 13.2 Å². The van der Waals surface area contributed by atoms with Crippen LogP contribution < -0.4 is 11.3 Å². The number of alkyl halides is 3. The van der Waals surface area contributed by atoms with Gasteiger partial charge in [0.1, 0.15) is 0 Å². The lowest BCUT2D eigenvalue weighted by Crippen LogP contribution is -2.28. The van der Waals surface area contributed by atoms with Crippen LogP contribution in [0.3, 0.4) is 0 Å². The van der Waals surface area contributed by atoms with Crippen molar-refractivity contribution in [1.82, 2.24) is 9.55 Å². The van der Waals surface area contributed by atoms with Gasteiger partial charge in [-0.25, -0.2) is 4.98 Å². The Balaban J connectivity index is 2.69. The molecule has 4 nitrogen and oxygen atoms in total. The van der Waals surface area contributed by atoms with E-state index in [9.17, 15) is 18.0 Å². The molecule has 1 aromatic carbocycles. The van der Waals surface area contributed by atoms with E-state index in [4.69, 9.17) is 5.73 Å². The summed E-state index contributed by atoms with van der Waals surface area (Å²) in [5, 5.41) is 0.114. The van der Waals surface area contributed by atoms with Gasteiger partial charge in [-0.2, -0.15) is 13.2 Å². The van der Waals surface area contributed by atoms with Crippen LogP contribution in [0.15, 0.2) is 29.3 Å². The number of nitrogens with zero attached hydrogens (tertiary/aromatic N) is 2. The molecule has 96 valence electrons. The topological polar surface area (TPSA) is 60.9 Å². The van der Waals surface area contributed by atoms with Crippen LogP contribution >= 0.6 is 0 Å². The summed E-state index contributed by atoms with van der Waals surface area (Å²) in [6.45, 7) is 1.58. The fourth-order valence-corrected chi connectivity index (χ4v) is 1.60. The lowest BCUT2D eigenvalue weighted by atomic mass is 10.1. The molecule has 2 rings (SSSR count). The number of aromatic nitrogens is 2. The molecule has 0 fully saturated rings. The molecule has 0 radical (unpaired) electrons. The van der Waals surface area contributed by atoms with Crippen LogP contribution in [0, 0.1) is 0 Å². The molecule has 0 amide bonds. The monoisotopic (exact) mass is 257 g/mol. The third kappa shape index (κ3) is 2.08. The van der Waals surface area contributed by atoms with E-state index < -0.39 is 23.5 Å². The molecule has 2 N–H and O–H groups in total. The van der Waals surface area contributed by atoms with Crippen molar-refractivity contribution in [2.75, 3.05) is 0 Å². The third-order valence-corrected chi connectivity index (χ3v) is 2.55. The molecular weight excluding hydrogens is 247 g/mol. The van der Waals surface area contributed by atoms with Crippen molar-refractivity contribution in [3.05, 3.63) is 40.4 Å². The molecule has 0 aliphatic rings. The molecule has 2 aromatic rings. The minimum absolute atomic E-state index is 0.00623. The summed E-state index contributed by atoms with van der Waals surface area (Å²) in [4.78, 5) is 15.7. The molecule has 0 saturated carbocycles.